The number of hydrogen-bond donors (Lipinski definition) is 1. The second-order valence-corrected chi connectivity index (χ2v) is 6.14. The average Bonchev–Trinajstić information content (AvgIpc) is 2.50. The number of carbonyl (C=O) groups excluding carboxylic acids is 2. The Morgan fingerprint density at radius 1 is 1.41 bits per heavy atom. The molecular formula is C15H19BrClNO4. The Kier molecular flexibility index (Phi) is 7.68. The number of ether oxygens (including phenoxy) is 2. The second-order valence-electron chi connectivity index (χ2n) is 4.82. The van der Waals surface area contributed by atoms with Gasteiger partial charge in [-0.15, -0.1) is 0 Å². The Labute approximate surface area is 143 Å². The van der Waals surface area contributed by atoms with Crippen LogP contribution in [0.3, 0.4) is 0 Å². The molecule has 0 fully saturated rings. The normalized spacial score (nSPS) is 13.1. The first kappa shape index (κ1) is 18.8. The van der Waals surface area contributed by atoms with E-state index in [0.717, 1.165) is 10.9 Å². The number of halogens is 2. The zero-order chi connectivity index (χ0) is 16.7. The van der Waals surface area contributed by atoms with Gasteiger partial charge in [0.1, 0.15) is 11.8 Å². The quantitative estimate of drug-likeness (QED) is 0.724. The van der Waals surface area contributed by atoms with Crippen LogP contribution in [0.15, 0.2) is 22.7 Å². The van der Waals surface area contributed by atoms with E-state index in [1.807, 2.05) is 13.8 Å². The zero-order valence-electron chi connectivity index (χ0n) is 12.7. The van der Waals surface area contributed by atoms with Crippen molar-refractivity contribution in [2.45, 2.75) is 26.3 Å². The fraction of sp³-hybridized carbons (Fsp3) is 0.467. The third-order valence-corrected chi connectivity index (χ3v) is 4.03. The maximum Gasteiger partial charge on any atom is 0.328 e. The highest BCUT2D eigenvalue weighted by molar-refractivity contribution is 9.10. The summed E-state index contributed by atoms with van der Waals surface area (Å²) in [6, 6.07) is 4.40. The van der Waals surface area contributed by atoms with Crippen molar-refractivity contribution in [1.82, 2.24) is 5.32 Å². The molecule has 0 aliphatic rings. The van der Waals surface area contributed by atoms with Gasteiger partial charge in [0.2, 0.25) is 0 Å². The summed E-state index contributed by atoms with van der Waals surface area (Å²) in [5.74, 6) is -0.509. The second kappa shape index (κ2) is 9.00. The Hall–Kier alpha value is -1.27. The fourth-order valence-electron chi connectivity index (χ4n) is 1.75. The van der Waals surface area contributed by atoms with Gasteiger partial charge in [-0.3, -0.25) is 4.79 Å². The van der Waals surface area contributed by atoms with Gasteiger partial charge in [0.25, 0.3) is 5.91 Å². The van der Waals surface area contributed by atoms with E-state index in [0.29, 0.717) is 10.8 Å². The zero-order valence-corrected chi connectivity index (χ0v) is 15.0. The molecule has 0 saturated carbocycles. The summed E-state index contributed by atoms with van der Waals surface area (Å²) in [5, 5.41) is 3.03. The molecule has 1 aromatic carbocycles. The number of rotatable bonds is 7. The minimum atomic E-state index is -0.688. The van der Waals surface area contributed by atoms with Crippen LogP contribution in [-0.4, -0.2) is 31.6 Å². The number of methoxy groups -OCH3 is 1. The van der Waals surface area contributed by atoms with Crippen molar-refractivity contribution in [1.29, 1.82) is 0 Å². The van der Waals surface area contributed by atoms with Crippen LogP contribution < -0.4 is 10.1 Å². The smallest absolute Gasteiger partial charge is 0.328 e. The topological polar surface area (TPSA) is 64.6 Å². The van der Waals surface area contributed by atoms with E-state index in [2.05, 4.69) is 21.2 Å². The summed E-state index contributed by atoms with van der Waals surface area (Å²) >= 11 is 9.29. The van der Waals surface area contributed by atoms with Crippen LogP contribution >= 0.6 is 27.5 Å². The molecule has 2 unspecified atom stereocenters. The van der Waals surface area contributed by atoms with Crippen LogP contribution in [0.4, 0.5) is 0 Å². The molecule has 2 atom stereocenters. The van der Waals surface area contributed by atoms with E-state index in [9.17, 15) is 9.59 Å². The van der Waals surface area contributed by atoms with Gasteiger partial charge < -0.3 is 14.8 Å². The molecule has 0 heterocycles. The summed E-state index contributed by atoms with van der Waals surface area (Å²) in [7, 11) is 1.29. The lowest BCUT2D eigenvalue weighted by atomic mass is 9.99. The standard InChI is InChI=1S/C15H19BrClNO4/c1-4-9(2)14(15(20)21-3)18-13(19)8-22-12-6-5-10(16)7-11(12)17/h5-7,9,14H,4,8H2,1-3H3,(H,18,19). The summed E-state index contributed by atoms with van der Waals surface area (Å²) in [4.78, 5) is 23.7. The van der Waals surface area contributed by atoms with Crippen molar-refractivity contribution in [3.63, 3.8) is 0 Å². The van der Waals surface area contributed by atoms with Crippen LogP contribution in [0.1, 0.15) is 20.3 Å². The molecule has 1 rings (SSSR count). The lowest BCUT2D eigenvalue weighted by Crippen LogP contribution is -2.47. The number of hydrogen-bond acceptors (Lipinski definition) is 4. The molecule has 0 aromatic heterocycles. The van der Waals surface area contributed by atoms with Crippen molar-refractivity contribution < 1.29 is 19.1 Å². The summed E-state index contributed by atoms with van der Waals surface area (Å²) in [6.07, 6.45) is 0.736. The minimum Gasteiger partial charge on any atom is -0.482 e. The largest absolute Gasteiger partial charge is 0.482 e. The van der Waals surface area contributed by atoms with Crippen molar-refractivity contribution in [3.05, 3.63) is 27.7 Å². The van der Waals surface area contributed by atoms with Crippen LogP contribution in [-0.2, 0) is 14.3 Å². The molecule has 0 spiro atoms. The maximum atomic E-state index is 11.9. The number of carbonyl (C=O) groups is 2. The molecule has 0 bridgehead atoms. The van der Waals surface area contributed by atoms with Crippen molar-refractivity contribution in [2.75, 3.05) is 13.7 Å². The van der Waals surface area contributed by atoms with E-state index >= 15 is 0 Å². The minimum absolute atomic E-state index is 0.0346. The van der Waals surface area contributed by atoms with Crippen LogP contribution in [0.5, 0.6) is 5.75 Å². The fourth-order valence-corrected chi connectivity index (χ4v) is 2.47. The maximum absolute atomic E-state index is 11.9. The molecule has 1 amide bonds. The van der Waals surface area contributed by atoms with E-state index in [1.165, 1.54) is 7.11 Å². The van der Waals surface area contributed by atoms with Crippen molar-refractivity contribution in [3.8, 4) is 5.75 Å². The number of nitrogens with one attached hydrogen (secondary N) is 1. The summed E-state index contributed by atoms with van der Waals surface area (Å²) in [6.45, 7) is 3.57. The third-order valence-electron chi connectivity index (χ3n) is 3.24. The first-order chi connectivity index (χ1) is 10.4. The SMILES string of the molecule is CCC(C)C(NC(=O)COc1ccc(Br)cc1Cl)C(=O)OC. The van der Waals surface area contributed by atoms with E-state index < -0.39 is 17.9 Å². The highest BCUT2D eigenvalue weighted by atomic mass is 79.9. The Balaban J connectivity index is 2.62. The Bertz CT molecular complexity index is 538. The molecule has 122 valence electrons. The molecule has 22 heavy (non-hydrogen) atoms. The third kappa shape index (κ3) is 5.50. The van der Waals surface area contributed by atoms with Gasteiger partial charge in [0.15, 0.2) is 6.61 Å². The molecule has 1 N–H and O–H groups in total. The molecular weight excluding hydrogens is 374 g/mol. The molecule has 5 nitrogen and oxygen atoms in total. The Morgan fingerprint density at radius 2 is 2.09 bits per heavy atom. The monoisotopic (exact) mass is 391 g/mol. The van der Waals surface area contributed by atoms with Gasteiger partial charge in [0.05, 0.1) is 12.1 Å². The van der Waals surface area contributed by atoms with Gasteiger partial charge in [-0.05, 0) is 24.1 Å². The molecule has 0 aliphatic heterocycles. The lowest BCUT2D eigenvalue weighted by molar-refractivity contribution is -0.146. The molecule has 0 aliphatic carbocycles. The molecule has 7 heteroatoms. The first-order valence-corrected chi connectivity index (χ1v) is 8.01. The van der Waals surface area contributed by atoms with Gasteiger partial charge in [-0.2, -0.15) is 0 Å². The first-order valence-electron chi connectivity index (χ1n) is 6.84. The predicted octanol–water partition coefficient (Wildman–Crippen LogP) is 3.19. The van der Waals surface area contributed by atoms with Crippen LogP contribution in [0, 0.1) is 5.92 Å². The van der Waals surface area contributed by atoms with Crippen LogP contribution in [0.25, 0.3) is 0 Å². The van der Waals surface area contributed by atoms with E-state index in [4.69, 9.17) is 21.1 Å². The van der Waals surface area contributed by atoms with Gasteiger partial charge in [-0.25, -0.2) is 4.79 Å². The van der Waals surface area contributed by atoms with Gasteiger partial charge in [-0.1, -0.05) is 47.8 Å². The predicted molar refractivity (Wildman–Crippen MR) is 88.0 cm³/mol. The molecule has 0 saturated heterocycles. The van der Waals surface area contributed by atoms with Crippen molar-refractivity contribution in [2.24, 2.45) is 5.92 Å². The number of benzene rings is 1. The lowest BCUT2D eigenvalue weighted by Gasteiger charge is -2.21. The van der Waals surface area contributed by atoms with E-state index in [1.54, 1.807) is 18.2 Å². The molecule has 1 aromatic rings. The molecule has 0 radical (unpaired) electrons. The summed E-state index contributed by atoms with van der Waals surface area (Å²) < 4.78 is 10.9. The van der Waals surface area contributed by atoms with E-state index in [-0.39, 0.29) is 12.5 Å². The highest BCUT2D eigenvalue weighted by Gasteiger charge is 2.26. The van der Waals surface area contributed by atoms with Gasteiger partial charge in [0, 0.05) is 4.47 Å². The summed E-state index contributed by atoms with van der Waals surface area (Å²) in [5.41, 5.74) is 0. The highest BCUT2D eigenvalue weighted by Crippen LogP contribution is 2.27. The van der Waals surface area contributed by atoms with Crippen LogP contribution in [0.2, 0.25) is 5.02 Å². The number of esters is 1. The van der Waals surface area contributed by atoms with Gasteiger partial charge >= 0.3 is 5.97 Å². The van der Waals surface area contributed by atoms with Crippen molar-refractivity contribution >= 4 is 39.4 Å². The number of amides is 1. The Morgan fingerprint density at radius 3 is 2.64 bits per heavy atom. The average molecular weight is 393 g/mol.